The fourth-order valence-electron chi connectivity index (χ4n) is 1.92. The van der Waals surface area contributed by atoms with Gasteiger partial charge in [0.05, 0.1) is 12.7 Å². The van der Waals surface area contributed by atoms with E-state index in [0.29, 0.717) is 17.6 Å². The number of carbonyl (C=O) groups is 1. The summed E-state index contributed by atoms with van der Waals surface area (Å²) >= 11 is 0. The molecule has 4 heteroatoms. The Hall–Kier alpha value is -2.36. The topological polar surface area (TPSA) is 35.5 Å². The highest BCUT2D eigenvalue weighted by molar-refractivity contribution is 5.78. The number of ether oxygens (including phenoxy) is 2. The molecule has 0 saturated heterocycles. The van der Waals surface area contributed by atoms with Crippen LogP contribution in [-0.2, 0) is 6.61 Å². The molecule has 104 valence electrons. The minimum Gasteiger partial charge on any atom is -0.496 e. The lowest BCUT2D eigenvalue weighted by Crippen LogP contribution is -2.03. The van der Waals surface area contributed by atoms with Crippen LogP contribution in [0.25, 0.3) is 0 Å². The van der Waals surface area contributed by atoms with Gasteiger partial charge in [0.2, 0.25) is 0 Å². The molecule has 3 nitrogen and oxygen atoms in total. The minimum absolute atomic E-state index is 0.0512. The van der Waals surface area contributed by atoms with E-state index in [2.05, 4.69) is 0 Å². The number of benzene rings is 2. The molecule has 2 rings (SSSR count). The van der Waals surface area contributed by atoms with Gasteiger partial charge in [0.25, 0.3) is 0 Å². The number of aldehydes is 1. The van der Waals surface area contributed by atoms with Crippen LogP contribution in [0.1, 0.15) is 21.5 Å². The smallest absolute Gasteiger partial charge is 0.176 e. The molecule has 2 aromatic carbocycles. The SMILES string of the molecule is COc1cc(C=O)c(F)c(OCc2ccccc2)c1C. The van der Waals surface area contributed by atoms with E-state index < -0.39 is 5.82 Å². The van der Waals surface area contributed by atoms with E-state index in [-0.39, 0.29) is 17.9 Å². The molecule has 0 N–H and O–H groups in total. The van der Waals surface area contributed by atoms with E-state index in [1.807, 2.05) is 30.3 Å². The van der Waals surface area contributed by atoms with E-state index >= 15 is 0 Å². The number of carbonyl (C=O) groups excluding carboxylic acids is 1. The first kappa shape index (κ1) is 14.1. The number of methoxy groups -OCH3 is 1. The molecule has 0 aromatic heterocycles. The monoisotopic (exact) mass is 274 g/mol. The zero-order valence-corrected chi connectivity index (χ0v) is 11.4. The van der Waals surface area contributed by atoms with Gasteiger partial charge in [0, 0.05) is 5.56 Å². The van der Waals surface area contributed by atoms with Crippen LogP contribution in [-0.4, -0.2) is 13.4 Å². The van der Waals surface area contributed by atoms with Crippen molar-refractivity contribution >= 4 is 6.29 Å². The van der Waals surface area contributed by atoms with Crippen molar-refractivity contribution in [3.05, 3.63) is 58.9 Å². The van der Waals surface area contributed by atoms with Crippen LogP contribution in [0.15, 0.2) is 36.4 Å². The van der Waals surface area contributed by atoms with Gasteiger partial charge in [-0.3, -0.25) is 4.79 Å². The van der Waals surface area contributed by atoms with Crippen LogP contribution >= 0.6 is 0 Å². The summed E-state index contributed by atoms with van der Waals surface area (Å²) in [4.78, 5) is 10.9. The van der Waals surface area contributed by atoms with Crippen LogP contribution in [0, 0.1) is 12.7 Å². The molecule has 0 spiro atoms. The first-order valence-corrected chi connectivity index (χ1v) is 6.16. The van der Waals surface area contributed by atoms with E-state index in [1.54, 1.807) is 6.92 Å². The van der Waals surface area contributed by atoms with Gasteiger partial charge in [-0.2, -0.15) is 0 Å². The van der Waals surface area contributed by atoms with Gasteiger partial charge in [0.1, 0.15) is 12.4 Å². The Kier molecular flexibility index (Phi) is 4.35. The summed E-state index contributed by atoms with van der Waals surface area (Å²) in [5, 5.41) is 0. The summed E-state index contributed by atoms with van der Waals surface area (Å²) in [5.74, 6) is -0.180. The number of rotatable bonds is 5. The second-order valence-corrected chi connectivity index (χ2v) is 4.33. The third-order valence-corrected chi connectivity index (χ3v) is 3.02. The summed E-state index contributed by atoms with van der Waals surface area (Å²) in [6.07, 6.45) is 0.451. The van der Waals surface area contributed by atoms with Crippen molar-refractivity contribution in [2.45, 2.75) is 13.5 Å². The lowest BCUT2D eigenvalue weighted by molar-refractivity contribution is 0.111. The molecule has 0 aliphatic heterocycles. The third kappa shape index (κ3) is 2.79. The second kappa shape index (κ2) is 6.19. The molecule has 0 saturated carbocycles. The van der Waals surface area contributed by atoms with Crippen molar-refractivity contribution in [2.75, 3.05) is 7.11 Å². The largest absolute Gasteiger partial charge is 0.496 e. The van der Waals surface area contributed by atoms with Gasteiger partial charge in [-0.05, 0) is 18.6 Å². The lowest BCUT2D eigenvalue weighted by atomic mass is 10.1. The molecule has 0 radical (unpaired) electrons. The average Bonchev–Trinajstić information content (AvgIpc) is 2.48. The summed E-state index contributed by atoms with van der Waals surface area (Å²) in [5.41, 5.74) is 1.38. The van der Waals surface area contributed by atoms with Crippen molar-refractivity contribution in [3.63, 3.8) is 0 Å². The minimum atomic E-state index is -0.658. The zero-order chi connectivity index (χ0) is 14.5. The Morgan fingerprint density at radius 2 is 1.95 bits per heavy atom. The predicted molar refractivity (Wildman–Crippen MR) is 73.9 cm³/mol. The molecule has 2 aromatic rings. The van der Waals surface area contributed by atoms with Crippen LogP contribution in [0.4, 0.5) is 4.39 Å². The summed E-state index contributed by atoms with van der Waals surface area (Å²) in [6.45, 7) is 1.92. The molecule has 0 heterocycles. The van der Waals surface area contributed by atoms with E-state index in [1.165, 1.54) is 13.2 Å². The molecular formula is C16H15FO3. The van der Waals surface area contributed by atoms with Crippen LogP contribution in [0.5, 0.6) is 11.5 Å². The van der Waals surface area contributed by atoms with Crippen molar-refractivity contribution in [1.29, 1.82) is 0 Å². The number of hydrogen-bond acceptors (Lipinski definition) is 3. The lowest BCUT2D eigenvalue weighted by Gasteiger charge is -2.14. The van der Waals surface area contributed by atoms with Gasteiger partial charge in [-0.15, -0.1) is 0 Å². The van der Waals surface area contributed by atoms with Crippen molar-refractivity contribution in [1.82, 2.24) is 0 Å². The maximum absolute atomic E-state index is 14.1. The number of hydrogen-bond donors (Lipinski definition) is 0. The summed E-state index contributed by atoms with van der Waals surface area (Å²) < 4.78 is 24.8. The quantitative estimate of drug-likeness (QED) is 0.782. The van der Waals surface area contributed by atoms with Crippen LogP contribution in [0.2, 0.25) is 0 Å². The molecule has 0 amide bonds. The van der Waals surface area contributed by atoms with Crippen molar-refractivity contribution in [3.8, 4) is 11.5 Å². The average molecular weight is 274 g/mol. The first-order valence-electron chi connectivity index (χ1n) is 6.16. The van der Waals surface area contributed by atoms with Crippen molar-refractivity contribution in [2.24, 2.45) is 0 Å². The zero-order valence-electron chi connectivity index (χ0n) is 11.4. The van der Waals surface area contributed by atoms with Gasteiger partial charge < -0.3 is 9.47 Å². The maximum Gasteiger partial charge on any atom is 0.176 e. The highest BCUT2D eigenvalue weighted by Crippen LogP contribution is 2.33. The molecule has 0 aliphatic rings. The Balaban J connectivity index is 2.32. The third-order valence-electron chi connectivity index (χ3n) is 3.02. The second-order valence-electron chi connectivity index (χ2n) is 4.33. The molecule has 0 aliphatic carbocycles. The van der Waals surface area contributed by atoms with Gasteiger partial charge in [-0.25, -0.2) is 4.39 Å². The predicted octanol–water partition coefficient (Wildman–Crippen LogP) is 3.53. The van der Waals surface area contributed by atoms with Gasteiger partial charge in [0.15, 0.2) is 17.9 Å². The molecule has 0 fully saturated rings. The van der Waals surface area contributed by atoms with Crippen LogP contribution in [0.3, 0.4) is 0 Å². The van der Waals surface area contributed by atoms with Gasteiger partial charge in [-0.1, -0.05) is 30.3 Å². The van der Waals surface area contributed by atoms with Crippen molar-refractivity contribution < 1.29 is 18.7 Å². The fraction of sp³-hybridized carbons (Fsp3) is 0.188. The first-order chi connectivity index (χ1) is 9.67. The molecule has 0 unspecified atom stereocenters. The van der Waals surface area contributed by atoms with E-state index in [9.17, 15) is 9.18 Å². The normalized spacial score (nSPS) is 10.2. The summed E-state index contributed by atoms with van der Waals surface area (Å²) in [7, 11) is 1.47. The van der Waals surface area contributed by atoms with E-state index in [0.717, 1.165) is 5.56 Å². The Bertz CT molecular complexity index is 609. The molecule has 20 heavy (non-hydrogen) atoms. The Labute approximate surface area is 117 Å². The number of halogens is 1. The Morgan fingerprint density at radius 3 is 2.55 bits per heavy atom. The van der Waals surface area contributed by atoms with Gasteiger partial charge >= 0.3 is 0 Å². The maximum atomic E-state index is 14.1. The van der Waals surface area contributed by atoms with E-state index in [4.69, 9.17) is 9.47 Å². The highest BCUT2D eigenvalue weighted by atomic mass is 19.1. The molecular weight excluding hydrogens is 259 g/mol. The Morgan fingerprint density at radius 1 is 1.25 bits per heavy atom. The van der Waals surface area contributed by atoms with Crippen LogP contribution < -0.4 is 9.47 Å². The summed E-state index contributed by atoms with van der Waals surface area (Å²) in [6, 6.07) is 10.8. The standard InChI is InChI=1S/C16H15FO3/c1-11-14(19-2)8-13(9-18)15(17)16(11)20-10-12-6-4-3-5-7-12/h3-9H,10H2,1-2H3. The molecule has 0 bridgehead atoms. The fourth-order valence-corrected chi connectivity index (χ4v) is 1.92. The molecule has 0 atom stereocenters. The highest BCUT2D eigenvalue weighted by Gasteiger charge is 2.17.